The summed E-state index contributed by atoms with van der Waals surface area (Å²) in [6.07, 6.45) is 8.57. The topological polar surface area (TPSA) is 41.1 Å². The molecule has 0 bridgehead atoms. The fourth-order valence-corrected chi connectivity index (χ4v) is 3.34. The van der Waals surface area contributed by atoms with Gasteiger partial charge in [0.2, 0.25) is 5.91 Å². The summed E-state index contributed by atoms with van der Waals surface area (Å²) in [6, 6.07) is 0.351. The largest absolute Gasteiger partial charge is 0.353 e. The van der Waals surface area contributed by atoms with Crippen LogP contribution >= 0.6 is 0 Å². The van der Waals surface area contributed by atoms with Crippen molar-refractivity contribution >= 4 is 5.91 Å². The first-order valence-corrected chi connectivity index (χ1v) is 7.63. The number of nitrogens with one attached hydrogen (secondary N) is 2. The lowest BCUT2D eigenvalue weighted by molar-refractivity contribution is -0.132. The highest BCUT2D eigenvalue weighted by Crippen LogP contribution is 2.30. The molecule has 104 valence electrons. The van der Waals surface area contributed by atoms with Crippen LogP contribution in [0.4, 0.5) is 0 Å². The predicted octanol–water partition coefficient (Wildman–Crippen LogP) is 2.46. The molecular formula is C15H28N2O. The second kappa shape index (κ2) is 6.05. The number of hydrogen-bond donors (Lipinski definition) is 2. The molecule has 1 amide bonds. The molecule has 2 rings (SSSR count). The summed E-state index contributed by atoms with van der Waals surface area (Å²) >= 11 is 0. The molecule has 1 saturated heterocycles. The highest BCUT2D eigenvalue weighted by molar-refractivity contribution is 5.82. The van der Waals surface area contributed by atoms with Gasteiger partial charge in [-0.25, -0.2) is 0 Å². The fourth-order valence-electron chi connectivity index (χ4n) is 3.34. The van der Waals surface area contributed by atoms with E-state index >= 15 is 0 Å². The average molecular weight is 252 g/mol. The molecule has 0 aromatic carbocycles. The summed E-state index contributed by atoms with van der Waals surface area (Å²) in [5.74, 6) is 0.982. The Balaban J connectivity index is 1.85. The molecule has 1 unspecified atom stereocenters. The standard InChI is InChI=1S/C15H28N2O/c1-12(13-6-4-3-5-7-13)17-14(18)15(2)8-10-16-11-9-15/h12-13,16H,3-11H2,1-2H3,(H,17,18). The third-order valence-electron chi connectivity index (χ3n) is 4.97. The maximum absolute atomic E-state index is 12.4. The van der Waals surface area contributed by atoms with E-state index in [0.29, 0.717) is 12.0 Å². The average Bonchev–Trinajstić information content (AvgIpc) is 2.40. The summed E-state index contributed by atoms with van der Waals surface area (Å²) in [7, 11) is 0. The first-order valence-electron chi connectivity index (χ1n) is 7.63. The molecule has 2 aliphatic rings. The Kier molecular flexibility index (Phi) is 4.66. The minimum absolute atomic E-state index is 0.145. The number of rotatable bonds is 3. The van der Waals surface area contributed by atoms with Gasteiger partial charge in [-0.15, -0.1) is 0 Å². The molecule has 1 aliphatic carbocycles. The van der Waals surface area contributed by atoms with E-state index in [0.717, 1.165) is 25.9 Å². The summed E-state index contributed by atoms with van der Waals surface area (Å²) in [5, 5.41) is 6.62. The first-order chi connectivity index (χ1) is 8.62. The van der Waals surface area contributed by atoms with Crippen LogP contribution in [0, 0.1) is 11.3 Å². The van der Waals surface area contributed by atoms with Gasteiger partial charge in [0.25, 0.3) is 0 Å². The second-order valence-corrected chi connectivity index (χ2v) is 6.47. The first kappa shape index (κ1) is 13.9. The van der Waals surface area contributed by atoms with Crippen LogP contribution in [0.2, 0.25) is 0 Å². The van der Waals surface area contributed by atoms with Crippen molar-refractivity contribution < 1.29 is 4.79 Å². The van der Waals surface area contributed by atoms with E-state index in [1.54, 1.807) is 0 Å². The third-order valence-corrected chi connectivity index (χ3v) is 4.97. The van der Waals surface area contributed by atoms with Crippen molar-refractivity contribution in [3.63, 3.8) is 0 Å². The van der Waals surface area contributed by atoms with E-state index < -0.39 is 0 Å². The van der Waals surface area contributed by atoms with Crippen molar-refractivity contribution in [2.24, 2.45) is 11.3 Å². The molecule has 1 aliphatic heterocycles. The molecule has 3 nitrogen and oxygen atoms in total. The van der Waals surface area contributed by atoms with Gasteiger partial charge in [-0.3, -0.25) is 4.79 Å². The van der Waals surface area contributed by atoms with Crippen molar-refractivity contribution in [1.29, 1.82) is 0 Å². The number of amides is 1. The van der Waals surface area contributed by atoms with Gasteiger partial charge in [0.1, 0.15) is 0 Å². The number of carbonyl (C=O) groups excluding carboxylic acids is 1. The Bertz CT molecular complexity index is 278. The van der Waals surface area contributed by atoms with Crippen molar-refractivity contribution in [3.8, 4) is 0 Å². The molecule has 1 saturated carbocycles. The van der Waals surface area contributed by atoms with E-state index in [4.69, 9.17) is 0 Å². The molecule has 0 radical (unpaired) electrons. The predicted molar refractivity (Wildman–Crippen MR) is 74.4 cm³/mol. The molecule has 0 spiro atoms. The Morgan fingerprint density at radius 2 is 1.83 bits per heavy atom. The summed E-state index contributed by atoms with van der Waals surface area (Å²) < 4.78 is 0. The van der Waals surface area contributed by atoms with Gasteiger partial charge in [-0.1, -0.05) is 26.2 Å². The molecule has 2 N–H and O–H groups in total. The number of hydrogen-bond acceptors (Lipinski definition) is 2. The Morgan fingerprint density at radius 1 is 1.22 bits per heavy atom. The SMILES string of the molecule is CC(NC(=O)C1(C)CCNCC1)C1CCCCC1. The molecule has 1 heterocycles. The second-order valence-electron chi connectivity index (χ2n) is 6.47. The molecule has 0 aromatic rings. The van der Waals surface area contributed by atoms with Gasteiger partial charge >= 0.3 is 0 Å². The van der Waals surface area contributed by atoms with E-state index in [2.05, 4.69) is 24.5 Å². The zero-order valence-corrected chi connectivity index (χ0v) is 11.9. The van der Waals surface area contributed by atoms with Gasteiger partial charge in [-0.2, -0.15) is 0 Å². The lowest BCUT2D eigenvalue weighted by atomic mass is 9.79. The van der Waals surface area contributed by atoms with Crippen LogP contribution in [-0.2, 0) is 4.79 Å². The number of piperidine rings is 1. The third kappa shape index (κ3) is 3.25. The molecule has 18 heavy (non-hydrogen) atoms. The van der Waals surface area contributed by atoms with Crippen LogP contribution in [-0.4, -0.2) is 25.0 Å². The van der Waals surface area contributed by atoms with Crippen LogP contribution in [0.15, 0.2) is 0 Å². The van der Waals surface area contributed by atoms with E-state index in [9.17, 15) is 4.79 Å². The maximum Gasteiger partial charge on any atom is 0.226 e. The normalized spacial score (nSPS) is 26.6. The van der Waals surface area contributed by atoms with Crippen LogP contribution in [0.3, 0.4) is 0 Å². The Labute approximate surface area is 111 Å². The van der Waals surface area contributed by atoms with Crippen molar-refractivity contribution in [1.82, 2.24) is 10.6 Å². The van der Waals surface area contributed by atoms with E-state index in [1.165, 1.54) is 32.1 Å². The van der Waals surface area contributed by atoms with Gasteiger partial charge < -0.3 is 10.6 Å². The molecule has 1 atom stereocenters. The Morgan fingerprint density at radius 3 is 2.44 bits per heavy atom. The Hall–Kier alpha value is -0.570. The summed E-state index contributed by atoms with van der Waals surface area (Å²) in [5.41, 5.74) is -0.145. The monoisotopic (exact) mass is 252 g/mol. The lowest BCUT2D eigenvalue weighted by Gasteiger charge is -2.36. The minimum Gasteiger partial charge on any atom is -0.353 e. The molecule has 3 heteroatoms. The fraction of sp³-hybridized carbons (Fsp3) is 0.933. The van der Waals surface area contributed by atoms with Crippen LogP contribution in [0.25, 0.3) is 0 Å². The molecular weight excluding hydrogens is 224 g/mol. The van der Waals surface area contributed by atoms with Crippen molar-refractivity contribution in [2.75, 3.05) is 13.1 Å². The van der Waals surface area contributed by atoms with Gasteiger partial charge in [-0.05, 0) is 51.6 Å². The lowest BCUT2D eigenvalue weighted by Crippen LogP contribution is -2.49. The minimum atomic E-state index is -0.145. The van der Waals surface area contributed by atoms with Crippen molar-refractivity contribution in [3.05, 3.63) is 0 Å². The van der Waals surface area contributed by atoms with E-state index in [1.807, 2.05) is 0 Å². The van der Waals surface area contributed by atoms with Gasteiger partial charge in [0.05, 0.1) is 0 Å². The highest BCUT2D eigenvalue weighted by Gasteiger charge is 2.35. The van der Waals surface area contributed by atoms with Crippen LogP contribution < -0.4 is 10.6 Å². The number of carbonyl (C=O) groups is 1. The summed E-state index contributed by atoms with van der Waals surface area (Å²) in [6.45, 7) is 6.26. The highest BCUT2D eigenvalue weighted by atomic mass is 16.2. The quantitative estimate of drug-likeness (QED) is 0.810. The van der Waals surface area contributed by atoms with Crippen LogP contribution in [0.5, 0.6) is 0 Å². The zero-order valence-electron chi connectivity index (χ0n) is 11.9. The maximum atomic E-state index is 12.4. The molecule has 0 aromatic heterocycles. The van der Waals surface area contributed by atoms with Crippen LogP contribution in [0.1, 0.15) is 58.8 Å². The smallest absolute Gasteiger partial charge is 0.226 e. The molecule has 2 fully saturated rings. The summed E-state index contributed by atoms with van der Waals surface area (Å²) in [4.78, 5) is 12.4. The van der Waals surface area contributed by atoms with E-state index in [-0.39, 0.29) is 11.3 Å². The van der Waals surface area contributed by atoms with Gasteiger partial charge in [0.15, 0.2) is 0 Å². The van der Waals surface area contributed by atoms with Gasteiger partial charge in [0, 0.05) is 11.5 Å². The van der Waals surface area contributed by atoms with Crippen molar-refractivity contribution in [2.45, 2.75) is 64.8 Å². The zero-order chi connectivity index (χ0) is 13.0.